The van der Waals surface area contributed by atoms with Gasteiger partial charge in [-0.2, -0.15) is 0 Å². The van der Waals surface area contributed by atoms with Crippen LogP contribution in [0.1, 0.15) is 62.3 Å². The van der Waals surface area contributed by atoms with Gasteiger partial charge in [0.2, 0.25) is 5.41 Å². The molecule has 8 heteroatoms. The standard InChI is InChI=1S/C18H30N2O6/c1-10(2)18(19)11(21)17(9,13(23)25-15(3,4)5)12(22)20(18)14(24)26-16(6,7)8/h10H,19H2,1-9H3. The molecule has 1 fully saturated rings. The van der Waals surface area contributed by atoms with Gasteiger partial charge in [0.05, 0.1) is 0 Å². The van der Waals surface area contributed by atoms with Gasteiger partial charge >= 0.3 is 12.1 Å². The van der Waals surface area contributed by atoms with Crippen molar-refractivity contribution in [1.82, 2.24) is 4.90 Å². The Labute approximate surface area is 154 Å². The molecule has 148 valence electrons. The smallest absolute Gasteiger partial charge is 0.419 e. The zero-order valence-electron chi connectivity index (χ0n) is 17.1. The van der Waals surface area contributed by atoms with Crippen LogP contribution in [0, 0.1) is 11.3 Å². The average molecular weight is 370 g/mol. The van der Waals surface area contributed by atoms with Crippen LogP contribution in [0.3, 0.4) is 0 Å². The van der Waals surface area contributed by atoms with Gasteiger partial charge < -0.3 is 15.2 Å². The Morgan fingerprint density at radius 1 is 1.00 bits per heavy atom. The number of esters is 1. The fourth-order valence-electron chi connectivity index (χ4n) is 2.61. The normalized spacial score (nSPS) is 27.1. The lowest BCUT2D eigenvalue weighted by atomic mass is 9.80. The van der Waals surface area contributed by atoms with Crippen molar-refractivity contribution in [3.05, 3.63) is 0 Å². The number of hydrogen-bond acceptors (Lipinski definition) is 7. The number of amides is 2. The van der Waals surface area contributed by atoms with Crippen LogP contribution in [0.15, 0.2) is 0 Å². The Hall–Kier alpha value is -1.96. The van der Waals surface area contributed by atoms with E-state index in [0.29, 0.717) is 4.90 Å². The quantitative estimate of drug-likeness (QED) is 0.583. The lowest BCUT2D eigenvalue weighted by molar-refractivity contribution is -0.170. The highest BCUT2D eigenvalue weighted by atomic mass is 16.6. The van der Waals surface area contributed by atoms with Gasteiger partial charge in [-0.3, -0.25) is 14.4 Å². The number of ketones is 1. The van der Waals surface area contributed by atoms with E-state index in [1.807, 2.05) is 0 Å². The maximum absolute atomic E-state index is 13.1. The van der Waals surface area contributed by atoms with Crippen molar-refractivity contribution in [2.45, 2.75) is 79.2 Å². The Balaban J connectivity index is 3.48. The van der Waals surface area contributed by atoms with E-state index < -0.39 is 52.0 Å². The zero-order chi connectivity index (χ0) is 20.9. The van der Waals surface area contributed by atoms with Gasteiger partial charge in [-0.25, -0.2) is 9.69 Å². The zero-order valence-corrected chi connectivity index (χ0v) is 17.1. The lowest BCUT2D eigenvalue weighted by Gasteiger charge is -2.35. The topological polar surface area (TPSA) is 116 Å². The molecule has 1 heterocycles. The van der Waals surface area contributed by atoms with Crippen LogP contribution in [-0.4, -0.2) is 45.5 Å². The second kappa shape index (κ2) is 6.33. The SMILES string of the molecule is CC(C)C1(N)C(=O)C(C)(C(=O)OC(C)(C)C)C(=O)N1C(=O)OC(C)(C)C. The summed E-state index contributed by atoms with van der Waals surface area (Å²) in [6.07, 6.45) is -1.07. The van der Waals surface area contributed by atoms with Crippen molar-refractivity contribution < 1.29 is 28.7 Å². The van der Waals surface area contributed by atoms with Crippen LogP contribution in [-0.2, 0) is 23.9 Å². The van der Waals surface area contributed by atoms with Gasteiger partial charge in [-0.15, -0.1) is 0 Å². The number of ether oxygens (including phenoxy) is 2. The molecule has 1 saturated heterocycles. The molecule has 0 aliphatic carbocycles. The number of likely N-dealkylation sites (tertiary alicyclic amines) is 1. The Morgan fingerprint density at radius 2 is 1.42 bits per heavy atom. The fraction of sp³-hybridized carbons (Fsp3) is 0.778. The molecule has 0 radical (unpaired) electrons. The van der Waals surface area contributed by atoms with Crippen molar-refractivity contribution in [3.63, 3.8) is 0 Å². The van der Waals surface area contributed by atoms with Crippen LogP contribution in [0.5, 0.6) is 0 Å². The van der Waals surface area contributed by atoms with E-state index in [1.165, 1.54) is 0 Å². The highest BCUT2D eigenvalue weighted by Gasteiger charge is 2.71. The molecule has 0 aromatic carbocycles. The third-order valence-electron chi connectivity index (χ3n) is 4.08. The molecule has 0 aromatic rings. The first-order valence-corrected chi connectivity index (χ1v) is 8.54. The van der Waals surface area contributed by atoms with Gasteiger partial charge in [-0.05, 0) is 54.4 Å². The molecule has 1 aliphatic heterocycles. The molecular weight excluding hydrogens is 340 g/mol. The van der Waals surface area contributed by atoms with E-state index in [0.717, 1.165) is 6.92 Å². The third kappa shape index (κ3) is 3.60. The third-order valence-corrected chi connectivity index (χ3v) is 4.08. The first-order valence-electron chi connectivity index (χ1n) is 8.54. The largest absolute Gasteiger partial charge is 0.459 e. The first kappa shape index (κ1) is 22.1. The summed E-state index contributed by atoms with van der Waals surface area (Å²) >= 11 is 0. The predicted molar refractivity (Wildman–Crippen MR) is 93.8 cm³/mol. The summed E-state index contributed by atoms with van der Waals surface area (Å²) < 4.78 is 10.5. The van der Waals surface area contributed by atoms with E-state index in [-0.39, 0.29) is 0 Å². The van der Waals surface area contributed by atoms with Gasteiger partial charge in [0.15, 0.2) is 11.4 Å². The summed E-state index contributed by atoms with van der Waals surface area (Å²) in [4.78, 5) is 52.0. The summed E-state index contributed by atoms with van der Waals surface area (Å²) in [5, 5.41) is 0. The predicted octanol–water partition coefficient (Wildman–Crippen LogP) is 1.99. The number of carbonyl (C=O) groups is 4. The van der Waals surface area contributed by atoms with E-state index in [1.54, 1.807) is 55.4 Å². The van der Waals surface area contributed by atoms with E-state index in [4.69, 9.17) is 15.2 Å². The molecule has 0 saturated carbocycles. The molecule has 8 nitrogen and oxygen atoms in total. The van der Waals surface area contributed by atoms with E-state index in [9.17, 15) is 19.2 Å². The number of hydrogen-bond donors (Lipinski definition) is 1. The molecule has 1 rings (SSSR count). The molecule has 0 spiro atoms. The first-order chi connectivity index (χ1) is 11.4. The maximum Gasteiger partial charge on any atom is 0.419 e. The molecule has 2 N–H and O–H groups in total. The van der Waals surface area contributed by atoms with Gasteiger partial charge in [0.1, 0.15) is 11.2 Å². The summed E-state index contributed by atoms with van der Waals surface area (Å²) in [5.41, 5.74) is 0.161. The van der Waals surface area contributed by atoms with Gasteiger partial charge in [0.25, 0.3) is 5.91 Å². The number of nitrogens with two attached hydrogens (primary N) is 1. The summed E-state index contributed by atoms with van der Waals surface area (Å²) in [5.74, 6) is -3.61. The minimum absolute atomic E-state index is 0.565. The van der Waals surface area contributed by atoms with Crippen molar-refractivity contribution in [2.24, 2.45) is 17.1 Å². The second-order valence-corrected chi connectivity index (χ2v) is 9.06. The molecule has 0 aromatic heterocycles. The minimum Gasteiger partial charge on any atom is -0.459 e. The lowest BCUT2D eigenvalue weighted by Crippen LogP contribution is -2.63. The van der Waals surface area contributed by atoms with Crippen LogP contribution >= 0.6 is 0 Å². The number of Topliss-reactive ketones (excluding diaryl/α,β-unsaturated/α-hetero) is 1. The van der Waals surface area contributed by atoms with Crippen molar-refractivity contribution in [3.8, 4) is 0 Å². The average Bonchev–Trinajstić information content (AvgIpc) is 2.55. The van der Waals surface area contributed by atoms with E-state index in [2.05, 4.69) is 0 Å². The highest BCUT2D eigenvalue weighted by molar-refractivity contribution is 6.31. The molecule has 1 aliphatic rings. The van der Waals surface area contributed by atoms with Crippen molar-refractivity contribution in [1.29, 1.82) is 0 Å². The molecular formula is C18H30N2O6. The monoisotopic (exact) mass is 370 g/mol. The van der Waals surface area contributed by atoms with Crippen molar-refractivity contribution >= 4 is 23.8 Å². The molecule has 26 heavy (non-hydrogen) atoms. The fourth-order valence-corrected chi connectivity index (χ4v) is 2.61. The number of carbonyl (C=O) groups excluding carboxylic acids is 4. The maximum atomic E-state index is 13.1. The van der Waals surface area contributed by atoms with Crippen molar-refractivity contribution in [2.75, 3.05) is 0 Å². The van der Waals surface area contributed by atoms with Crippen LogP contribution in [0.2, 0.25) is 0 Å². The summed E-state index contributed by atoms with van der Waals surface area (Å²) in [6, 6.07) is 0. The number of imide groups is 1. The van der Waals surface area contributed by atoms with Gasteiger partial charge in [-0.1, -0.05) is 13.8 Å². The highest BCUT2D eigenvalue weighted by Crippen LogP contribution is 2.42. The van der Waals surface area contributed by atoms with Crippen LogP contribution < -0.4 is 5.73 Å². The summed E-state index contributed by atoms with van der Waals surface area (Å²) in [6.45, 7) is 14.0. The molecule has 0 bridgehead atoms. The molecule has 2 unspecified atom stereocenters. The van der Waals surface area contributed by atoms with Gasteiger partial charge in [0, 0.05) is 0 Å². The Morgan fingerprint density at radius 3 is 1.77 bits per heavy atom. The van der Waals surface area contributed by atoms with E-state index >= 15 is 0 Å². The van der Waals surface area contributed by atoms with Crippen LogP contribution in [0.25, 0.3) is 0 Å². The summed E-state index contributed by atoms with van der Waals surface area (Å²) in [7, 11) is 0. The number of rotatable bonds is 2. The molecule has 2 atom stereocenters. The second-order valence-electron chi connectivity index (χ2n) is 9.06. The Kier molecular flexibility index (Phi) is 5.38. The number of nitrogens with zero attached hydrogens (tertiary/aromatic N) is 1. The van der Waals surface area contributed by atoms with Crippen LogP contribution in [0.4, 0.5) is 4.79 Å². The molecule has 2 amide bonds. The Bertz CT molecular complexity index is 643. The minimum atomic E-state index is -2.22.